The lowest BCUT2D eigenvalue weighted by molar-refractivity contribution is 0.552. The first-order chi connectivity index (χ1) is 18.0. The minimum Gasteiger partial charge on any atom is -0.0561 e. The van der Waals surface area contributed by atoms with Crippen molar-refractivity contribution in [2.24, 2.45) is 0 Å². The molecule has 1 aromatic heterocycles. The molecule has 1 aliphatic rings. The van der Waals surface area contributed by atoms with Gasteiger partial charge in [0.2, 0.25) is 0 Å². The summed E-state index contributed by atoms with van der Waals surface area (Å²) >= 11 is 8.13. The highest BCUT2D eigenvalue weighted by atomic mass is 35.7. The van der Waals surface area contributed by atoms with Crippen molar-refractivity contribution in [2.75, 3.05) is 0 Å². The van der Waals surface area contributed by atoms with Crippen LogP contribution in [0.5, 0.6) is 0 Å². The topological polar surface area (TPSA) is 0 Å². The Morgan fingerprint density at radius 2 is 0.707 bits per heavy atom. The van der Waals surface area contributed by atoms with Gasteiger partial charge in [0.1, 0.15) is 16.5 Å². The standard InChI is InChI=1S/C36H58ClP4/c1-31(2,3)23-19-25(33(7,8)9)29(26(20-23)34(10,11)12)38-39-40(38)41(39,37)30-27(35(13,14)15)21-24(32(4,5)6)22-28(30)36(16,17)18/h19-22H,1-18H3/q+1. The van der Waals surface area contributed by atoms with Crippen LogP contribution >= 0.6 is 37.3 Å². The first kappa shape index (κ1) is 33.9. The van der Waals surface area contributed by atoms with Crippen molar-refractivity contribution >= 4 is 42.6 Å². The third kappa shape index (κ3) is 6.03. The predicted octanol–water partition coefficient (Wildman–Crippen LogP) is 14.5. The summed E-state index contributed by atoms with van der Waals surface area (Å²) in [5.41, 5.74) is 9.88. The van der Waals surface area contributed by atoms with E-state index in [4.69, 9.17) is 11.2 Å². The third-order valence-electron chi connectivity index (χ3n) is 8.58. The Kier molecular flexibility index (Phi) is 8.10. The summed E-state index contributed by atoms with van der Waals surface area (Å²) in [5, 5.41) is 3.38. The van der Waals surface area contributed by atoms with E-state index in [1.165, 1.54) is 11.1 Å². The van der Waals surface area contributed by atoms with E-state index in [-0.39, 0.29) is 52.5 Å². The highest BCUT2D eigenvalue weighted by Gasteiger charge is 2.79. The Morgan fingerprint density at radius 1 is 0.439 bits per heavy atom. The summed E-state index contributed by atoms with van der Waals surface area (Å²) in [5.74, 6) is -1.63. The van der Waals surface area contributed by atoms with Crippen LogP contribution in [0, 0.1) is 0 Å². The van der Waals surface area contributed by atoms with Crippen molar-refractivity contribution in [3.05, 3.63) is 57.6 Å². The van der Waals surface area contributed by atoms with Crippen LogP contribution in [0.25, 0.3) is 5.30 Å². The molecule has 3 aromatic rings. The number of halogens is 1. The summed E-state index contributed by atoms with van der Waals surface area (Å²) < 4.78 is 0. The second kappa shape index (κ2) is 9.78. The average Bonchev–Trinajstić information content (AvgIpc) is 3.63. The van der Waals surface area contributed by atoms with Gasteiger partial charge in [-0.1, -0.05) is 149 Å². The Balaban J connectivity index is 2.01. The number of hydrogen-bond acceptors (Lipinski definition) is 0. The van der Waals surface area contributed by atoms with E-state index in [0.717, 1.165) is 0 Å². The van der Waals surface area contributed by atoms with Gasteiger partial charge in [-0.2, -0.15) is 0 Å². The lowest BCUT2D eigenvalue weighted by Gasteiger charge is -2.34. The van der Waals surface area contributed by atoms with Crippen LogP contribution in [0.4, 0.5) is 0 Å². The number of fused-ring (bicyclic) bond motifs is 1. The van der Waals surface area contributed by atoms with Gasteiger partial charge in [-0.05, 0) is 54.7 Å². The van der Waals surface area contributed by atoms with Gasteiger partial charge >= 0.3 is 0 Å². The zero-order valence-corrected chi connectivity index (χ0v) is 33.8. The van der Waals surface area contributed by atoms with Crippen LogP contribution in [0.3, 0.4) is 0 Å². The zero-order valence-electron chi connectivity index (χ0n) is 29.5. The van der Waals surface area contributed by atoms with Crippen molar-refractivity contribution in [3.8, 4) is 5.30 Å². The lowest BCUT2D eigenvalue weighted by Crippen LogP contribution is -2.31. The molecule has 0 nitrogen and oxygen atoms in total. The van der Waals surface area contributed by atoms with Gasteiger partial charge in [0.15, 0.2) is 13.2 Å². The van der Waals surface area contributed by atoms with E-state index in [1.807, 2.05) is 0 Å². The third-order valence-corrected chi connectivity index (χ3v) is 57.4. The first-order valence-corrected chi connectivity index (χ1v) is 25.7. The number of rotatable bonds is 2. The van der Waals surface area contributed by atoms with E-state index in [9.17, 15) is 0 Å². The van der Waals surface area contributed by atoms with Crippen LogP contribution < -0.4 is 5.30 Å². The first-order valence-electron chi connectivity index (χ1n) is 15.4. The molecule has 41 heavy (non-hydrogen) atoms. The molecule has 0 fully saturated rings. The fraction of sp³-hybridized carbons (Fsp3) is 0.667. The molecule has 2 atom stereocenters. The van der Waals surface area contributed by atoms with Crippen LogP contribution in [0.1, 0.15) is 158 Å². The molecular formula is C36H58ClP4+. The molecule has 228 valence electrons. The van der Waals surface area contributed by atoms with Gasteiger partial charge in [-0.25, -0.2) is 0 Å². The van der Waals surface area contributed by atoms with E-state index in [0.29, 0.717) is 0 Å². The van der Waals surface area contributed by atoms with Crippen molar-refractivity contribution in [1.82, 2.24) is 0 Å². The molecule has 0 N–H and O–H groups in total. The fourth-order valence-corrected chi connectivity index (χ4v) is 79.5. The Hall–Kier alpha value is 0.0600. The molecule has 2 unspecified atom stereocenters. The normalized spacial score (nSPS) is 20.0. The Labute approximate surface area is 261 Å². The Bertz CT molecular complexity index is 1390. The summed E-state index contributed by atoms with van der Waals surface area (Å²) in [7, 11) is 0. The SMILES string of the molecule is CC(C)(C)c1cc(C(C)(C)C)c(-p2p3p2[P+]3(Cl)c2c(C(C)(C)C)cc(C(C)(C)C)cc2C(C)(C)C)c(C(C)(C)C)c1. The molecule has 0 saturated heterocycles. The molecule has 1 aliphatic heterocycles. The molecule has 4 rings (SSSR count). The molecular weight excluding hydrogens is 592 g/mol. The molecule has 0 saturated carbocycles. The maximum Gasteiger partial charge on any atom is 0.252 e. The fourth-order valence-electron chi connectivity index (χ4n) is 5.77. The predicted molar refractivity (Wildman–Crippen MR) is 198 cm³/mol. The van der Waals surface area contributed by atoms with Crippen LogP contribution in [0.2, 0.25) is 0 Å². The molecule has 0 amide bonds. The van der Waals surface area contributed by atoms with Crippen molar-refractivity contribution in [2.45, 2.75) is 157 Å². The largest absolute Gasteiger partial charge is 0.252 e. The van der Waals surface area contributed by atoms with Crippen molar-refractivity contribution in [3.63, 3.8) is 0 Å². The maximum absolute atomic E-state index is 8.13. The van der Waals surface area contributed by atoms with E-state index in [1.54, 1.807) is 32.9 Å². The van der Waals surface area contributed by atoms with Gasteiger partial charge in [0.05, 0.1) is 0 Å². The van der Waals surface area contributed by atoms with Crippen LogP contribution in [0.15, 0.2) is 24.3 Å². The molecule has 0 radical (unpaired) electrons. The zero-order chi connectivity index (χ0) is 31.7. The van der Waals surface area contributed by atoms with E-state index in [2.05, 4.69) is 149 Å². The lowest BCUT2D eigenvalue weighted by atomic mass is 9.75. The van der Waals surface area contributed by atoms with Crippen molar-refractivity contribution < 1.29 is 0 Å². The summed E-state index contributed by atoms with van der Waals surface area (Å²) in [6, 6.07) is 10.3. The summed E-state index contributed by atoms with van der Waals surface area (Å²) in [6.07, 6.45) is 0. The molecule has 2 heterocycles. The molecule has 0 aliphatic carbocycles. The Morgan fingerprint density at radius 3 is 0.951 bits per heavy atom. The molecule has 0 bridgehead atoms. The minimum atomic E-state index is -1.63. The second-order valence-electron chi connectivity index (χ2n) is 18.7. The monoisotopic (exact) mass is 649 g/mol. The highest BCUT2D eigenvalue weighted by molar-refractivity contribution is 9.36. The minimum absolute atomic E-state index is 0.0741. The van der Waals surface area contributed by atoms with Gasteiger partial charge in [-0.3, -0.25) is 0 Å². The maximum atomic E-state index is 8.13. The molecule has 5 heteroatoms. The summed E-state index contributed by atoms with van der Waals surface area (Å²) in [6.45, 7) is 42.9. The summed E-state index contributed by atoms with van der Waals surface area (Å²) in [4.78, 5) is 0. The van der Waals surface area contributed by atoms with Crippen LogP contribution in [-0.4, -0.2) is 0 Å². The number of benzene rings is 2. The number of hydrogen-bond donors (Lipinski definition) is 0. The average molecular weight is 650 g/mol. The van der Waals surface area contributed by atoms with E-state index < -0.39 is 5.99 Å². The van der Waals surface area contributed by atoms with Crippen LogP contribution in [-0.2, 0) is 32.5 Å². The van der Waals surface area contributed by atoms with Crippen molar-refractivity contribution in [1.29, 1.82) is 0 Å². The molecule has 2 aromatic carbocycles. The van der Waals surface area contributed by atoms with Gasteiger partial charge in [-0.15, -0.1) is 0 Å². The quantitative estimate of drug-likeness (QED) is 0.242. The molecule has 0 spiro atoms. The second-order valence-corrected chi connectivity index (χ2v) is 46.0. The highest BCUT2D eigenvalue weighted by Crippen LogP contribution is 3.38. The van der Waals surface area contributed by atoms with Gasteiger partial charge in [0, 0.05) is 23.3 Å². The van der Waals surface area contributed by atoms with Gasteiger partial charge in [0.25, 0.3) is 5.99 Å². The van der Waals surface area contributed by atoms with Gasteiger partial charge < -0.3 is 0 Å². The van der Waals surface area contributed by atoms with E-state index >= 15 is 0 Å². The smallest absolute Gasteiger partial charge is 0.0561 e.